The van der Waals surface area contributed by atoms with Crippen molar-refractivity contribution in [3.63, 3.8) is 0 Å². The molecule has 1 aromatic heterocycles. The summed E-state index contributed by atoms with van der Waals surface area (Å²) in [6, 6.07) is 7.74. The Kier molecular flexibility index (Phi) is 5.69. The second-order valence-electron chi connectivity index (χ2n) is 3.63. The molecule has 0 aliphatic carbocycles. The lowest BCUT2D eigenvalue weighted by Gasteiger charge is -2.05. The number of nitrogens with zero attached hydrogens (tertiary/aromatic N) is 2. The Hall–Kier alpha value is -1.93. The summed E-state index contributed by atoms with van der Waals surface area (Å²) in [5.74, 6) is -0.104. The maximum atomic E-state index is 11.3. The van der Waals surface area contributed by atoms with Gasteiger partial charge in [-0.05, 0) is 19.1 Å². The first kappa shape index (κ1) is 13.1. The van der Waals surface area contributed by atoms with Crippen LogP contribution in [0.5, 0.6) is 0 Å². The van der Waals surface area contributed by atoms with E-state index in [4.69, 9.17) is 5.26 Å². The van der Waals surface area contributed by atoms with E-state index >= 15 is 0 Å². The molecule has 1 aromatic rings. The van der Waals surface area contributed by atoms with Crippen LogP contribution >= 0.6 is 0 Å². The maximum absolute atomic E-state index is 11.3. The Morgan fingerprint density at radius 3 is 3.06 bits per heavy atom. The van der Waals surface area contributed by atoms with E-state index in [2.05, 4.69) is 15.6 Å². The summed E-state index contributed by atoms with van der Waals surface area (Å²) in [6.07, 6.45) is 0.338. The number of carbonyl (C=O) groups is 1. The third-order valence-electron chi connectivity index (χ3n) is 2.10. The number of aromatic nitrogens is 1. The molecular weight excluding hydrogens is 216 g/mol. The van der Waals surface area contributed by atoms with Crippen LogP contribution < -0.4 is 10.6 Å². The number of aryl methyl sites for hydroxylation is 1. The number of carbonyl (C=O) groups excluding carboxylic acids is 1. The average molecular weight is 232 g/mol. The summed E-state index contributed by atoms with van der Waals surface area (Å²) in [5.41, 5.74) is 1.87. The van der Waals surface area contributed by atoms with Gasteiger partial charge in [0.25, 0.3) is 0 Å². The highest BCUT2D eigenvalue weighted by molar-refractivity contribution is 5.77. The summed E-state index contributed by atoms with van der Waals surface area (Å²) in [5, 5.41) is 13.9. The van der Waals surface area contributed by atoms with Gasteiger partial charge in [0.2, 0.25) is 5.91 Å². The van der Waals surface area contributed by atoms with E-state index < -0.39 is 0 Å². The first-order chi connectivity index (χ1) is 8.22. The molecule has 5 heteroatoms. The second-order valence-corrected chi connectivity index (χ2v) is 3.63. The van der Waals surface area contributed by atoms with Crippen LogP contribution in [0, 0.1) is 18.3 Å². The van der Waals surface area contributed by atoms with Crippen LogP contribution in [0.15, 0.2) is 18.2 Å². The molecule has 0 radical (unpaired) electrons. The standard InChI is InChI=1S/C12H16N4O/c1-10-4-2-5-11(16-10)8-14-9-12(17)15-7-3-6-13/h2,4-5,14H,3,7-9H2,1H3,(H,15,17). The number of rotatable bonds is 6. The molecule has 90 valence electrons. The van der Waals surface area contributed by atoms with Crippen molar-refractivity contribution < 1.29 is 4.79 Å². The Morgan fingerprint density at radius 1 is 1.53 bits per heavy atom. The lowest BCUT2D eigenvalue weighted by Crippen LogP contribution is -2.34. The van der Waals surface area contributed by atoms with Gasteiger partial charge in [-0.1, -0.05) is 6.07 Å². The van der Waals surface area contributed by atoms with E-state index in [1.807, 2.05) is 31.2 Å². The lowest BCUT2D eigenvalue weighted by atomic mass is 10.3. The molecule has 1 amide bonds. The molecule has 0 aliphatic rings. The molecule has 2 N–H and O–H groups in total. The number of nitriles is 1. The van der Waals surface area contributed by atoms with Gasteiger partial charge in [-0.25, -0.2) is 0 Å². The van der Waals surface area contributed by atoms with Gasteiger partial charge in [-0.3, -0.25) is 9.78 Å². The number of hydrogen-bond donors (Lipinski definition) is 2. The third-order valence-corrected chi connectivity index (χ3v) is 2.10. The maximum Gasteiger partial charge on any atom is 0.234 e. The average Bonchev–Trinajstić information content (AvgIpc) is 2.29. The Bertz CT molecular complexity index is 411. The van der Waals surface area contributed by atoms with Crippen molar-refractivity contribution in [1.29, 1.82) is 5.26 Å². The minimum atomic E-state index is -0.104. The van der Waals surface area contributed by atoms with Crippen LogP contribution in [0.1, 0.15) is 17.8 Å². The molecule has 0 spiro atoms. The predicted octanol–water partition coefficient (Wildman–Crippen LogP) is 0.509. The van der Waals surface area contributed by atoms with Crippen molar-refractivity contribution in [3.05, 3.63) is 29.6 Å². The number of pyridine rings is 1. The highest BCUT2D eigenvalue weighted by Crippen LogP contribution is 1.96. The van der Waals surface area contributed by atoms with E-state index in [0.717, 1.165) is 11.4 Å². The summed E-state index contributed by atoms with van der Waals surface area (Å²) < 4.78 is 0. The van der Waals surface area contributed by atoms with Crippen molar-refractivity contribution in [2.24, 2.45) is 0 Å². The van der Waals surface area contributed by atoms with E-state index in [0.29, 0.717) is 19.5 Å². The molecule has 0 unspecified atom stereocenters. The molecule has 0 saturated carbocycles. The fourth-order valence-electron chi connectivity index (χ4n) is 1.32. The molecule has 0 fully saturated rings. The molecule has 0 atom stereocenters. The molecule has 0 saturated heterocycles. The zero-order chi connectivity index (χ0) is 12.5. The number of hydrogen-bond acceptors (Lipinski definition) is 4. The highest BCUT2D eigenvalue weighted by Gasteiger charge is 2.00. The van der Waals surface area contributed by atoms with E-state index in [1.165, 1.54) is 0 Å². The van der Waals surface area contributed by atoms with Crippen LogP contribution in [-0.4, -0.2) is 24.0 Å². The molecular formula is C12H16N4O. The van der Waals surface area contributed by atoms with Crippen LogP contribution in [0.3, 0.4) is 0 Å². The lowest BCUT2D eigenvalue weighted by molar-refractivity contribution is -0.120. The number of amides is 1. The quantitative estimate of drug-likeness (QED) is 0.700. The van der Waals surface area contributed by atoms with Gasteiger partial charge in [0.15, 0.2) is 0 Å². The molecule has 5 nitrogen and oxygen atoms in total. The Morgan fingerprint density at radius 2 is 2.35 bits per heavy atom. The van der Waals surface area contributed by atoms with Crippen LogP contribution in [0.4, 0.5) is 0 Å². The van der Waals surface area contributed by atoms with Gasteiger partial charge in [-0.2, -0.15) is 5.26 Å². The SMILES string of the molecule is Cc1cccc(CNCC(=O)NCCC#N)n1. The smallest absolute Gasteiger partial charge is 0.234 e. The molecule has 17 heavy (non-hydrogen) atoms. The minimum Gasteiger partial charge on any atom is -0.354 e. The molecule has 1 rings (SSSR count). The van der Waals surface area contributed by atoms with Crippen molar-refractivity contribution in [2.45, 2.75) is 19.9 Å². The normalized spacial score (nSPS) is 9.65. The van der Waals surface area contributed by atoms with Crippen molar-refractivity contribution in [2.75, 3.05) is 13.1 Å². The summed E-state index contributed by atoms with van der Waals surface area (Å²) >= 11 is 0. The van der Waals surface area contributed by atoms with E-state index in [1.54, 1.807) is 0 Å². The molecule has 0 bridgehead atoms. The zero-order valence-electron chi connectivity index (χ0n) is 9.86. The topological polar surface area (TPSA) is 77.8 Å². The van der Waals surface area contributed by atoms with Crippen molar-refractivity contribution >= 4 is 5.91 Å². The van der Waals surface area contributed by atoms with Gasteiger partial charge in [-0.15, -0.1) is 0 Å². The summed E-state index contributed by atoms with van der Waals surface area (Å²) in [7, 11) is 0. The Balaban J connectivity index is 2.19. The molecule has 1 heterocycles. The number of nitrogens with one attached hydrogen (secondary N) is 2. The summed E-state index contributed by atoms with van der Waals surface area (Å²) in [4.78, 5) is 15.6. The van der Waals surface area contributed by atoms with E-state index in [9.17, 15) is 4.79 Å². The monoisotopic (exact) mass is 232 g/mol. The van der Waals surface area contributed by atoms with Crippen molar-refractivity contribution in [3.8, 4) is 6.07 Å². The second kappa shape index (κ2) is 7.36. The largest absolute Gasteiger partial charge is 0.354 e. The predicted molar refractivity (Wildman–Crippen MR) is 63.9 cm³/mol. The van der Waals surface area contributed by atoms with Crippen LogP contribution in [0.25, 0.3) is 0 Å². The van der Waals surface area contributed by atoms with Gasteiger partial charge in [0, 0.05) is 18.8 Å². The van der Waals surface area contributed by atoms with Crippen LogP contribution in [-0.2, 0) is 11.3 Å². The van der Waals surface area contributed by atoms with Gasteiger partial charge in [0.1, 0.15) is 0 Å². The van der Waals surface area contributed by atoms with E-state index in [-0.39, 0.29) is 12.5 Å². The Labute approximate surface area is 101 Å². The molecule has 0 aromatic carbocycles. The highest BCUT2D eigenvalue weighted by atomic mass is 16.1. The zero-order valence-corrected chi connectivity index (χ0v) is 9.86. The van der Waals surface area contributed by atoms with Crippen molar-refractivity contribution in [1.82, 2.24) is 15.6 Å². The van der Waals surface area contributed by atoms with Gasteiger partial charge in [0.05, 0.1) is 24.7 Å². The first-order valence-corrected chi connectivity index (χ1v) is 5.49. The van der Waals surface area contributed by atoms with Gasteiger partial charge >= 0.3 is 0 Å². The van der Waals surface area contributed by atoms with Crippen LogP contribution in [0.2, 0.25) is 0 Å². The fraction of sp³-hybridized carbons (Fsp3) is 0.417. The minimum absolute atomic E-state index is 0.104. The summed E-state index contributed by atoms with van der Waals surface area (Å²) in [6.45, 7) is 3.13. The fourth-order valence-corrected chi connectivity index (χ4v) is 1.32. The first-order valence-electron chi connectivity index (χ1n) is 5.49. The molecule has 0 aliphatic heterocycles. The third kappa shape index (κ3) is 5.64. The van der Waals surface area contributed by atoms with Gasteiger partial charge < -0.3 is 10.6 Å².